The second-order valence-electron chi connectivity index (χ2n) is 11.9. The predicted octanol–water partition coefficient (Wildman–Crippen LogP) is 6.87. The van der Waals surface area contributed by atoms with Gasteiger partial charge in [0.05, 0.1) is 23.7 Å². The van der Waals surface area contributed by atoms with E-state index in [-0.39, 0.29) is 22.8 Å². The molecule has 43 heavy (non-hydrogen) atoms. The number of aromatic nitrogens is 3. The number of carbonyl (C=O) groups excluding carboxylic acids is 2. The number of rotatable bonds is 5. The lowest BCUT2D eigenvalue weighted by Gasteiger charge is -2.29. The molecule has 0 spiro atoms. The topological polar surface area (TPSA) is 125 Å². The Kier molecular flexibility index (Phi) is 8.33. The van der Waals surface area contributed by atoms with Crippen LogP contribution >= 0.6 is 0 Å². The minimum atomic E-state index is -3.93. The van der Waals surface area contributed by atoms with E-state index in [0.29, 0.717) is 22.2 Å². The van der Waals surface area contributed by atoms with E-state index in [1.807, 2.05) is 6.92 Å². The molecule has 0 aliphatic carbocycles. The molecule has 0 N–H and O–H groups in total. The van der Waals surface area contributed by atoms with Gasteiger partial charge in [-0.15, -0.1) is 0 Å². The van der Waals surface area contributed by atoms with E-state index in [2.05, 4.69) is 14.8 Å². The molecule has 0 atom stereocenters. The molecular formula is C31H33N5O6S. The van der Waals surface area contributed by atoms with Crippen molar-refractivity contribution in [2.75, 3.05) is 0 Å². The SMILES string of the molecule is [C-]#[N+]c1cc(-c2ncnc3c2ccn3S(=O)(=O)c2ccc(C)cc2)ccc1CN(C(=O)OC(C)(C)C)C(=O)OC(C)(C)C. The monoisotopic (exact) mass is 603 g/mol. The van der Waals surface area contributed by atoms with Gasteiger partial charge in [-0.25, -0.2) is 41.7 Å². The lowest BCUT2D eigenvalue weighted by atomic mass is 10.0. The first-order valence-electron chi connectivity index (χ1n) is 13.4. The minimum Gasteiger partial charge on any atom is -0.443 e. The Balaban J connectivity index is 1.72. The Morgan fingerprint density at radius 2 is 1.53 bits per heavy atom. The van der Waals surface area contributed by atoms with E-state index in [1.54, 1.807) is 77.9 Å². The molecule has 0 saturated heterocycles. The van der Waals surface area contributed by atoms with Crippen LogP contribution in [0, 0.1) is 13.5 Å². The molecule has 2 aromatic heterocycles. The maximum atomic E-state index is 13.4. The van der Waals surface area contributed by atoms with Crippen molar-refractivity contribution in [2.45, 2.75) is 71.1 Å². The fraction of sp³-hybridized carbons (Fsp3) is 0.323. The quantitative estimate of drug-likeness (QED) is 0.226. The maximum absolute atomic E-state index is 13.4. The molecule has 11 nitrogen and oxygen atoms in total. The standard InChI is InChI=1S/C31H33N5O6S/c1-20-9-13-23(14-10-20)43(39,40)36-16-15-24-26(33-19-34-27(24)36)21-11-12-22(25(17-21)32-8)18-35(28(37)41-30(2,3)4)29(38)42-31(5,6)7/h9-17,19H,18H2,1-7H3. The molecule has 0 radical (unpaired) electrons. The van der Waals surface area contributed by atoms with E-state index in [1.165, 1.54) is 24.7 Å². The van der Waals surface area contributed by atoms with Crippen LogP contribution in [-0.4, -0.2) is 50.6 Å². The van der Waals surface area contributed by atoms with Crippen LogP contribution < -0.4 is 0 Å². The first-order chi connectivity index (χ1) is 20.0. The van der Waals surface area contributed by atoms with Gasteiger partial charge < -0.3 is 9.47 Å². The van der Waals surface area contributed by atoms with Crippen LogP contribution in [0.2, 0.25) is 0 Å². The van der Waals surface area contributed by atoms with Gasteiger partial charge in [0.25, 0.3) is 10.0 Å². The Morgan fingerprint density at radius 1 is 0.930 bits per heavy atom. The molecule has 12 heteroatoms. The van der Waals surface area contributed by atoms with Crippen molar-refractivity contribution in [3.05, 3.63) is 83.6 Å². The molecule has 0 saturated carbocycles. The van der Waals surface area contributed by atoms with Crippen LogP contribution in [0.15, 0.2) is 66.0 Å². The Hall–Kier alpha value is -4.76. The Morgan fingerprint density at radius 3 is 2.09 bits per heavy atom. The third kappa shape index (κ3) is 7.01. The molecule has 0 bridgehead atoms. The highest BCUT2D eigenvalue weighted by atomic mass is 32.2. The number of nitrogens with zero attached hydrogens (tertiary/aromatic N) is 5. The van der Waals surface area contributed by atoms with Crippen molar-refractivity contribution in [2.24, 2.45) is 0 Å². The van der Waals surface area contributed by atoms with Crippen LogP contribution in [0.5, 0.6) is 0 Å². The number of imide groups is 1. The molecule has 4 rings (SSSR count). The van der Waals surface area contributed by atoms with E-state index in [4.69, 9.17) is 16.0 Å². The largest absolute Gasteiger partial charge is 0.443 e. The van der Waals surface area contributed by atoms with Crippen molar-refractivity contribution in [1.82, 2.24) is 18.8 Å². The number of fused-ring (bicyclic) bond motifs is 1. The van der Waals surface area contributed by atoms with Gasteiger partial charge in [-0.05, 0) is 83.9 Å². The molecule has 2 aromatic carbocycles. The van der Waals surface area contributed by atoms with Crippen molar-refractivity contribution < 1.29 is 27.5 Å². The third-order valence-corrected chi connectivity index (χ3v) is 7.74. The summed E-state index contributed by atoms with van der Waals surface area (Å²) in [5, 5.41) is 0.464. The molecule has 2 amide bonds. The van der Waals surface area contributed by atoms with Crippen LogP contribution in [0.4, 0.5) is 15.3 Å². The maximum Gasteiger partial charge on any atom is 0.420 e. The zero-order chi connectivity index (χ0) is 31.7. The normalized spacial score (nSPS) is 12.0. The number of hydrogen-bond acceptors (Lipinski definition) is 8. The molecular weight excluding hydrogens is 570 g/mol. The summed E-state index contributed by atoms with van der Waals surface area (Å²) >= 11 is 0. The number of ether oxygens (including phenoxy) is 2. The van der Waals surface area contributed by atoms with Gasteiger partial charge in [0, 0.05) is 11.6 Å². The lowest BCUT2D eigenvalue weighted by molar-refractivity contribution is -0.000205. The summed E-state index contributed by atoms with van der Waals surface area (Å²) in [6.45, 7) is 19.5. The number of aryl methyl sites for hydroxylation is 1. The first-order valence-corrected chi connectivity index (χ1v) is 14.8. The van der Waals surface area contributed by atoms with Gasteiger partial charge in [-0.2, -0.15) is 0 Å². The van der Waals surface area contributed by atoms with Crippen molar-refractivity contribution in [1.29, 1.82) is 0 Å². The number of carbonyl (C=O) groups is 2. The molecule has 224 valence electrons. The molecule has 0 unspecified atom stereocenters. The number of amides is 2. The van der Waals surface area contributed by atoms with E-state index < -0.39 is 33.4 Å². The van der Waals surface area contributed by atoms with Crippen molar-refractivity contribution in [3.8, 4) is 11.3 Å². The number of hydrogen-bond donors (Lipinski definition) is 0. The third-order valence-electron chi connectivity index (χ3n) is 6.06. The molecule has 0 fully saturated rings. The fourth-order valence-corrected chi connectivity index (χ4v) is 5.43. The molecule has 4 aromatic rings. The van der Waals surface area contributed by atoms with Crippen LogP contribution in [-0.2, 0) is 26.0 Å². The fourth-order valence-electron chi connectivity index (χ4n) is 4.13. The summed E-state index contributed by atoms with van der Waals surface area (Å²) in [5.74, 6) is 0. The van der Waals surface area contributed by atoms with Gasteiger partial charge in [0.1, 0.15) is 17.5 Å². The zero-order valence-corrected chi connectivity index (χ0v) is 25.9. The predicted molar refractivity (Wildman–Crippen MR) is 161 cm³/mol. The average molecular weight is 604 g/mol. The first kappa shape index (κ1) is 31.2. The van der Waals surface area contributed by atoms with Gasteiger partial charge in [-0.1, -0.05) is 29.8 Å². The Labute approximate surface area is 251 Å². The Bertz CT molecular complexity index is 1810. The summed E-state index contributed by atoms with van der Waals surface area (Å²) in [6, 6.07) is 13.0. The van der Waals surface area contributed by atoms with E-state index in [0.717, 1.165) is 14.4 Å². The molecule has 2 heterocycles. The van der Waals surface area contributed by atoms with E-state index in [9.17, 15) is 18.0 Å². The van der Waals surface area contributed by atoms with Crippen molar-refractivity contribution >= 4 is 38.9 Å². The average Bonchev–Trinajstić information content (AvgIpc) is 3.35. The summed E-state index contributed by atoms with van der Waals surface area (Å²) in [4.78, 5) is 39.1. The highest BCUT2D eigenvalue weighted by molar-refractivity contribution is 7.90. The van der Waals surface area contributed by atoms with E-state index >= 15 is 0 Å². The summed E-state index contributed by atoms with van der Waals surface area (Å²) < 4.78 is 38.7. The minimum absolute atomic E-state index is 0.120. The zero-order valence-electron chi connectivity index (χ0n) is 25.1. The van der Waals surface area contributed by atoms with Gasteiger partial charge in [0.15, 0.2) is 11.3 Å². The summed E-state index contributed by atoms with van der Waals surface area (Å²) in [7, 11) is -3.93. The summed E-state index contributed by atoms with van der Waals surface area (Å²) in [6.07, 6.45) is 0.865. The van der Waals surface area contributed by atoms with Gasteiger partial charge in [-0.3, -0.25) is 0 Å². The van der Waals surface area contributed by atoms with Crippen molar-refractivity contribution in [3.63, 3.8) is 0 Å². The van der Waals surface area contributed by atoms with Gasteiger partial charge in [0.2, 0.25) is 0 Å². The lowest BCUT2D eigenvalue weighted by Crippen LogP contribution is -2.43. The smallest absolute Gasteiger partial charge is 0.420 e. The molecule has 0 aliphatic rings. The van der Waals surface area contributed by atoms with Gasteiger partial charge >= 0.3 is 12.2 Å². The van der Waals surface area contributed by atoms with Crippen LogP contribution in [0.3, 0.4) is 0 Å². The molecule has 0 aliphatic heterocycles. The van der Waals surface area contributed by atoms with Crippen LogP contribution in [0.1, 0.15) is 52.7 Å². The second kappa shape index (κ2) is 11.5. The highest BCUT2D eigenvalue weighted by Gasteiger charge is 2.32. The highest BCUT2D eigenvalue weighted by Crippen LogP contribution is 2.33. The van der Waals surface area contributed by atoms with Crippen LogP contribution in [0.25, 0.3) is 27.1 Å². The number of benzene rings is 2. The summed E-state index contributed by atoms with van der Waals surface area (Å²) in [5.41, 5.74) is 0.842. The second-order valence-corrected chi connectivity index (χ2v) is 13.7.